The van der Waals surface area contributed by atoms with Gasteiger partial charge in [0.1, 0.15) is 0 Å². The number of fused-ring (bicyclic) bond motifs is 1. The molecule has 4 nitrogen and oxygen atoms in total. The number of anilines is 1. The summed E-state index contributed by atoms with van der Waals surface area (Å²) < 4.78 is 0. The second-order valence-electron chi connectivity index (χ2n) is 7.77. The van der Waals surface area contributed by atoms with Crippen LogP contribution in [0.5, 0.6) is 0 Å². The van der Waals surface area contributed by atoms with Gasteiger partial charge in [0.05, 0.1) is 0 Å². The lowest BCUT2D eigenvalue weighted by atomic mass is 10.1. The average Bonchev–Trinajstić information content (AvgIpc) is 3.02. The van der Waals surface area contributed by atoms with Gasteiger partial charge in [0.25, 0.3) is 0 Å². The molecule has 1 atom stereocenters. The van der Waals surface area contributed by atoms with E-state index in [1.54, 1.807) is 0 Å². The molecule has 1 amide bonds. The van der Waals surface area contributed by atoms with Gasteiger partial charge in [-0.1, -0.05) is 48.5 Å². The number of amides is 1. The van der Waals surface area contributed by atoms with E-state index in [1.807, 2.05) is 4.90 Å². The molecule has 4 rings (SSSR count). The average molecular weight is 364 g/mol. The molecule has 0 bridgehead atoms. The van der Waals surface area contributed by atoms with Crippen LogP contribution in [0.15, 0.2) is 54.6 Å². The number of para-hydroxylation sites is 1. The Hall–Kier alpha value is -2.33. The molecule has 0 N–H and O–H groups in total. The van der Waals surface area contributed by atoms with Crippen molar-refractivity contribution in [2.24, 2.45) is 0 Å². The highest BCUT2D eigenvalue weighted by molar-refractivity contribution is 5.77. The molecule has 142 valence electrons. The molecule has 2 aliphatic heterocycles. The van der Waals surface area contributed by atoms with E-state index < -0.39 is 0 Å². The monoisotopic (exact) mass is 363 g/mol. The third-order valence-corrected chi connectivity index (χ3v) is 5.89. The quantitative estimate of drug-likeness (QED) is 0.816. The van der Waals surface area contributed by atoms with Gasteiger partial charge in [-0.2, -0.15) is 0 Å². The number of hydrogen-bond acceptors (Lipinski definition) is 3. The van der Waals surface area contributed by atoms with Gasteiger partial charge in [-0.05, 0) is 30.5 Å². The number of nitrogens with zero attached hydrogens (tertiary/aromatic N) is 3. The summed E-state index contributed by atoms with van der Waals surface area (Å²) in [6, 6.07) is 19.7. The number of hydrogen-bond donors (Lipinski definition) is 0. The van der Waals surface area contributed by atoms with Crippen molar-refractivity contribution in [1.82, 2.24) is 9.80 Å². The Bertz CT molecular complexity index is 768. The SMILES string of the molecule is CC1Cc2ccccc2N1CCC(=O)N1CCN(Cc2ccccc2)CC1. The van der Waals surface area contributed by atoms with Crippen LogP contribution in [0.1, 0.15) is 24.5 Å². The standard InChI is InChI=1S/C23H29N3O/c1-19-17-21-9-5-6-10-22(21)26(19)12-11-23(27)25-15-13-24(14-16-25)18-20-7-3-2-4-8-20/h2-10,19H,11-18H2,1H3. The molecule has 4 heteroatoms. The van der Waals surface area contributed by atoms with E-state index in [0.29, 0.717) is 18.4 Å². The fraction of sp³-hybridized carbons (Fsp3) is 0.435. The van der Waals surface area contributed by atoms with E-state index in [0.717, 1.165) is 45.7 Å². The fourth-order valence-electron chi connectivity index (χ4n) is 4.34. The minimum absolute atomic E-state index is 0.297. The van der Waals surface area contributed by atoms with Crippen LogP contribution in [0, 0.1) is 0 Å². The Morgan fingerprint density at radius 3 is 2.44 bits per heavy atom. The first-order valence-electron chi connectivity index (χ1n) is 10.1. The summed E-state index contributed by atoms with van der Waals surface area (Å²) in [5.74, 6) is 0.297. The molecule has 0 aliphatic carbocycles. The van der Waals surface area contributed by atoms with Crippen LogP contribution >= 0.6 is 0 Å². The molecule has 2 heterocycles. The smallest absolute Gasteiger partial charge is 0.224 e. The lowest BCUT2D eigenvalue weighted by molar-refractivity contribution is -0.132. The highest BCUT2D eigenvalue weighted by Gasteiger charge is 2.27. The van der Waals surface area contributed by atoms with Crippen LogP contribution in [-0.4, -0.2) is 54.5 Å². The largest absolute Gasteiger partial charge is 0.368 e. The second kappa shape index (κ2) is 8.13. The number of piperazine rings is 1. The molecular formula is C23H29N3O. The predicted octanol–water partition coefficient (Wildman–Crippen LogP) is 3.17. The van der Waals surface area contributed by atoms with E-state index in [4.69, 9.17) is 0 Å². The molecule has 1 fully saturated rings. The van der Waals surface area contributed by atoms with Crippen molar-refractivity contribution in [2.75, 3.05) is 37.6 Å². The molecule has 0 radical (unpaired) electrons. The van der Waals surface area contributed by atoms with E-state index >= 15 is 0 Å². The number of benzene rings is 2. The number of carbonyl (C=O) groups excluding carboxylic acids is 1. The minimum atomic E-state index is 0.297. The molecule has 1 saturated heterocycles. The number of carbonyl (C=O) groups is 1. The van der Waals surface area contributed by atoms with Crippen molar-refractivity contribution in [1.29, 1.82) is 0 Å². The zero-order valence-corrected chi connectivity index (χ0v) is 16.2. The third kappa shape index (κ3) is 4.16. The molecule has 2 aliphatic rings. The molecule has 0 aromatic heterocycles. The highest BCUT2D eigenvalue weighted by Crippen LogP contribution is 2.31. The summed E-state index contributed by atoms with van der Waals surface area (Å²) in [7, 11) is 0. The van der Waals surface area contributed by atoms with Crippen LogP contribution in [0.4, 0.5) is 5.69 Å². The van der Waals surface area contributed by atoms with Gasteiger partial charge in [0, 0.05) is 57.4 Å². The Balaban J connectivity index is 1.25. The first-order valence-corrected chi connectivity index (χ1v) is 10.1. The van der Waals surface area contributed by atoms with Gasteiger partial charge < -0.3 is 9.80 Å². The van der Waals surface area contributed by atoms with Gasteiger partial charge in [-0.3, -0.25) is 9.69 Å². The molecule has 2 aromatic carbocycles. The van der Waals surface area contributed by atoms with Gasteiger partial charge in [0.15, 0.2) is 0 Å². The Morgan fingerprint density at radius 2 is 1.67 bits per heavy atom. The maximum atomic E-state index is 12.7. The van der Waals surface area contributed by atoms with E-state index in [9.17, 15) is 4.79 Å². The van der Waals surface area contributed by atoms with Crippen LogP contribution in [0.25, 0.3) is 0 Å². The lowest BCUT2D eigenvalue weighted by Gasteiger charge is -2.35. The fourth-order valence-corrected chi connectivity index (χ4v) is 4.34. The highest BCUT2D eigenvalue weighted by atomic mass is 16.2. The van der Waals surface area contributed by atoms with Crippen LogP contribution in [-0.2, 0) is 17.8 Å². The van der Waals surface area contributed by atoms with Crippen molar-refractivity contribution < 1.29 is 4.79 Å². The summed E-state index contributed by atoms with van der Waals surface area (Å²) in [6.45, 7) is 7.67. The summed E-state index contributed by atoms with van der Waals surface area (Å²) in [5, 5.41) is 0. The van der Waals surface area contributed by atoms with Gasteiger partial charge in [-0.15, -0.1) is 0 Å². The van der Waals surface area contributed by atoms with Crippen molar-refractivity contribution >= 4 is 11.6 Å². The molecule has 27 heavy (non-hydrogen) atoms. The Labute approximate surface area is 162 Å². The van der Waals surface area contributed by atoms with E-state index in [2.05, 4.69) is 71.3 Å². The van der Waals surface area contributed by atoms with Crippen molar-refractivity contribution in [3.05, 3.63) is 65.7 Å². The summed E-state index contributed by atoms with van der Waals surface area (Å²) >= 11 is 0. The molecule has 2 aromatic rings. The maximum absolute atomic E-state index is 12.7. The second-order valence-corrected chi connectivity index (χ2v) is 7.77. The first-order chi connectivity index (χ1) is 13.2. The zero-order valence-electron chi connectivity index (χ0n) is 16.2. The topological polar surface area (TPSA) is 26.8 Å². The Morgan fingerprint density at radius 1 is 0.963 bits per heavy atom. The number of rotatable bonds is 5. The summed E-state index contributed by atoms with van der Waals surface area (Å²) in [6.07, 6.45) is 1.69. The molecular weight excluding hydrogens is 334 g/mol. The van der Waals surface area contributed by atoms with Crippen molar-refractivity contribution in [3.8, 4) is 0 Å². The van der Waals surface area contributed by atoms with Crippen LogP contribution < -0.4 is 4.90 Å². The summed E-state index contributed by atoms with van der Waals surface area (Å²) in [4.78, 5) is 19.6. The maximum Gasteiger partial charge on any atom is 0.224 e. The first kappa shape index (κ1) is 18.1. The van der Waals surface area contributed by atoms with Crippen LogP contribution in [0.2, 0.25) is 0 Å². The van der Waals surface area contributed by atoms with E-state index in [-0.39, 0.29) is 0 Å². The Kier molecular flexibility index (Phi) is 5.44. The van der Waals surface area contributed by atoms with Gasteiger partial charge in [0.2, 0.25) is 5.91 Å². The van der Waals surface area contributed by atoms with Crippen LogP contribution in [0.3, 0.4) is 0 Å². The van der Waals surface area contributed by atoms with Gasteiger partial charge >= 0.3 is 0 Å². The molecule has 0 spiro atoms. The van der Waals surface area contributed by atoms with Crippen molar-refractivity contribution in [3.63, 3.8) is 0 Å². The molecule has 1 unspecified atom stereocenters. The van der Waals surface area contributed by atoms with Crippen molar-refractivity contribution in [2.45, 2.75) is 32.4 Å². The summed E-state index contributed by atoms with van der Waals surface area (Å²) in [5.41, 5.74) is 4.07. The van der Waals surface area contributed by atoms with E-state index in [1.165, 1.54) is 16.8 Å². The van der Waals surface area contributed by atoms with Gasteiger partial charge in [-0.25, -0.2) is 0 Å². The molecule has 0 saturated carbocycles. The predicted molar refractivity (Wildman–Crippen MR) is 110 cm³/mol. The minimum Gasteiger partial charge on any atom is -0.368 e. The lowest BCUT2D eigenvalue weighted by Crippen LogP contribution is -2.49. The normalized spacial score (nSPS) is 20.0. The third-order valence-electron chi connectivity index (χ3n) is 5.89. The zero-order chi connectivity index (χ0) is 18.6.